The number of nitrogens with one attached hydrogen (secondary N) is 1. The van der Waals surface area contributed by atoms with Crippen LogP contribution in [0, 0.1) is 19.7 Å². The molecule has 0 radical (unpaired) electrons. The molecule has 6 heteroatoms. The molecular weight excluding hydrogens is 321 g/mol. The zero-order valence-corrected chi connectivity index (χ0v) is 14.8. The number of aryl methyl sites for hydroxylation is 1. The van der Waals surface area contributed by atoms with Gasteiger partial charge >= 0.3 is 0 Å². The minimum Gasteiger partial charge on any atom is -0.396 e. The van der Waals surface area contributed by atoms with Crippen molar-refractivity contribution < 1.29 is 14.3 Å². The first-order valence-electron chi connectivity index (χ1n) is 8.34. The molecule has 0 bridgehead atoms. The van der Waals surface area contributed by atoms with E-state index >= 15 is 0 Å². The second-order valence-electron chi connectivity index (χ2n) is 6.08. The molecular formula is C19H24FN3O2. The second-order valence-corrected chi connectivity index (χ2v) is 6.08. The van der Waals surface area contributed by atoms with Crippen LogP contribution in [0.15, 0.2) is 30.3 Å². The highest BCUT2D eigenvalue weighted by molar-refractivity contribution is 5.92. The molecule has 1 amide bonds. The largest absolute Gasteiger partial charge is 0.396 e. The van der Waals surface area contributed by atoms with Crippen LogP contribution in [0.25, 0.3) is 11.8 Å². The van der Waals surface area contributed by atoms with Crippen LogP contribution < -0.4 is 5.32 Å². The Labute approximate surface area is 147 Å². The summed E-state index contributed by atoms with van der Waals surface area (Å²) >= 11 is 0. The van der Waals surface area contributed by atoms with E-state index in [1.807, 2.05) is 20.8 Å². The summed E-state index contributed by atoms with van der Waals surface area (Å²) in [6, 6.07) is 6.12. The van der Waals surface area contributed by atoms with Crippen molar-refractivity contribution in [2.24, 2.45) is 0 Å². The number of nitrogens with zero attached hydrogens (tertiary/aromatic N) is 2. The number of rotatable bonds is 7. The highest BCUT2D eigenvalue weighted by Gasteiger charge is 2.11. The van der Waals surface area contributed by atoms with E-state index in [1.54, 1.807) is 22.9 Å². The van der Waals surface area contributed by atoms with E-state index < -0.39 is 0 Å². The molecule has 2 N–H and O–H groups in total. The van der Waals surface area contributed by atoms with Gasteiger partial charge < -0.3 is 10.4 Å². The highest BCUT2D eigenvalue weighted by atomic mass is 19.1. The smallest absolute Gasteiger partial charge is 0.244 e. The fourth-order valence-corrected chi connectivity index (χ4v) is 2.65. The monoisotopic (exact) mass is 345 g/mol. The molecule has 1 atom stereocenters. The zero-order chi connectivity index (χ0) is 18.4. The summed E-state index contributed by atoms with van der Waals surface area (Å²) < 4.78 is 14.8. The maximum Gasteiger partial charge on any atom is 0.244 e. The van der Waals surface area contributed by atoms with Gasteiger partial charge in [-0.3, -0.25) is 4.79 Å². The fourth-order valence-electron chi connectivity index (χ4n) is 2.65. The minimum atomic E-state index is -0.294. The molecule has 2 rings (SSSR count). The van der Waals surface area contributed by atoms with Crippen LogP contribution >= 0.6 is 0 Å². The van der Waals surface area contributed by atoms with Crippen molar-refractivity contribution in [1.82, 2.24) is 15.1 Å². The van der Waals surface area contributed by atoms with E-state index in [0.717, 1.165) is 29.1 Å². The van der Waals surface area contributed by atoms with Crippen molar-refractivity contribution in [3.8, 4) is 5.69 Å². The Hall–Kier alpha value is -2.47. The van der Waals surface area contributed by atoms with Gasteiger partial charge in [-0.25, -0.2) is 9.07 Å². The summed E-state index contributed by atoms with van der Waals surface area (Å²) in [5, 5.41) is 16.2. The van der Waals surface area contributed by atoms with Crippen LogP contribution in [0.5, 0.6) is 0 Å². The number of carbonyl (C=O) groups excluding carboxylic acids is 1. The van der Waals surface area contributed by atoms with E-state index in [-0.39, 0.29) is 24.4 Å². The lowest BCUT2D eigenvalue weighted by molar-refractivity contribution is -0.117. The average molecular weight is 345 g/mol. The highest BCUT2D eigenvalue weighted by Crippen LogP contribution is 2.19. The van der Waals surface area contributed by atoms with Gasteiger partial charge in [0, 0.05) is 30.0 Å². The van der Waals surface area contributed by atoms with Crippen LogP contribution in [0.1, 0.15) is 36.7 Å². The summed E-state index contributed by atoms with van der Waals surface area (Å²) in [7, 11) is 0. The molecule has 0 aliphatic heterocycles. The van der Waals surface area contributed by atoms with Crippen molar-refractivity contribution in [2.45, 2.75) is 39.7 Å². The van der Waals surface area contributed by atoms with Crippen LogP contribution in [0.2, 0.25) is 0 Å². The minimum absolute atomic E-state index is 0.00781. The normalized spacial score (nSPS) is 12.5. The molecule has 1 heterocycles. The topological polar surface area (TPSA) is 67.2 Å². The Morgan fingerprint density at radius 1 is 1.36 bits per heavy atom. The Morgan fingerprint density at radius 2 is 2.04 bits per heavy atom. The number of amides is 1. The first-order valence-corrected chi connectivity index (χ1v) is 8.34. The van der Waals surface area contributed by atoms with Crippen LogP contribution in [0.3, 0.4) is 0 Å². The molecule has 1 aromatic heterocycles. The molecule has 25 heavy (non-hydrogen) atoms. The molecule has 5 nitrogen and oxygen atoms in total. The first-order chi connectivity index (χ1) is 11.9. The summed E-state index contributed by atoms with van der Waals surface area (Å²) in [6.45, 7) is 5.81. The lowest BCUT2D eigenvalue weighted by atomic mass is 10.1. The number of carbonyl (C=O) groups is 1. The fraction of sp³-hybridized carbons (Fsp3) is 0.368. The Balaban J connectivity index is 2.12. The number of hydrogen-bond acceptors (Lipinski definition) is 3. The van der Waals surface area contributed by atoms with E-state index in [1.165, 1.54) is 18.2 Å². The zero-order valence-electron chi connectivity index (χ0n) is 14.8. The van der Waals surface area contributed by atoms with Crippen molar-refractivity contribution in [3.63, 3.8) is 0 Å². The van der Waals surface area contributed by atoms with Crippen molar-refractivity contribution in [3.05, 3.63) is 53.1 Å². The molecule has 0 fully saturated rings. The number of aromatic nitrogens is 2. The molecule has 0 saturated heterocycles. The van der Waals surface area contributed by atoms with Gasteiger partial charge in [0.2, 0.25) is 5.91 Å². The predicted molar refractivity (Wildman–Crippen MR) is 96.0 cm³/mol. The maximum absolute atomic E-state index is 13.1. The van der Waals surface area contributed by atoms with Gasteiger partial charge in [0.15, 0.2) is 0 Å². The molecule has 1 aromatic carbocycles. The molecule has 2 aromatic rings. The van der Waals surface area contributed by atoms with Crippen LogP contribution in [-0.2, 0) is 4.79 Å². The lowest BCUT2D eigenvalue weighted by Gasteiger charge is -2.11. The van der Waals surface area contributed by atoms with Gasteiger partial charge in [0.1, 0.15) is 5.82 Å². The standard InChI is InChI=1S/C19H24FN3O2/c1-13(5-4-12-24)21-19(25)11-10-18-14(2)22-23(15(18)3)17-8-6-16(20)7-9-17/h6-11,13,24H,4-5,12H2,1-3H3,(H,21,25)/b11-10+. The average Bonchev–Trinajstić information content (AvgIpc) is 2.86. The Kier molecular flexibility index (Phi) is 6.47. The Morgan fingerprint density at radius 3 is 2.68 bits per heavy atom. The molecule has 0 aliphatic rings. The second kappa shape index (κ2) is 8.58. The molecule has 0 spiro atoms. The number of halogens is 1. The van der Waals surface area contributed by atoms with E-state index in [2.05, 4.69) is 10.4 Å². The predicted octanol–water partition coefficient (Wildman–Crippen LogP) is 2.92. The van der Waals surface area contributed by atoms with Gasteiger partial charge in [-0.2, -0.15) is 5.10 Å². The third kappa shape index (κ3) is 5.00. The van der Waals surface area contributed by atoms with E-state index in [9.17, 15) is 9.18 Å². The van der Waals surface area contributed by atoms with Crippen molar-refractivity contribution in [1.29, 1.82) is 0 Å². The molecule has 1 unspecified atom stereocenters. The molecule has 0 aliphatic carbocycles. The van der Waals surface area contributed by atoms with Crippen molar-refractivity contribution in [2.75, 3.05) is 6.61 Å². The first kappa shape index (κ1) is 18.9. The van der Waals surface area contributed by atoms with Gasteiger partial charge in [-0.15, -0.1) is 0 Å². The summed E-state index contributed by atoms with van der Waals surface area (Å²) in [6.07, 6.45) is 4.62. The van der Waals surface area contributed by atoms with Gasteiger partial charge in [-0.1, -0.05) is 0 Å². The van der Waals surface area contributed by atoms with Gasteiger partial charge in [-0.05, 0) is 64.0 Å². The Bertz CT molecular complexity index is 751. The SMILES string of the molecule is Cc1nn(-c2ccc(F)cc2)c(C)c1/C=C/C(=O)NC(C)CCCO. The summed E-state index contributed by atoms with van der Waals surface area (Å²) in [5.41, 5.74) is 3.30. The van der Waals surface area contributed by atoms with Crippen molar-refractivity contribution >= 4 is 12.0 Å². The summed E-state index contributed by atoms with van der Waals surface area (Å²) in [5.74, 6) is -0.476. The number of benzene rings is 1. The summed E-state index contributed by atoms with van der Waals surface area (Å²) in [4.78, 5) is 12.0. The van der Waals surface area contributed by atoms with E-state index in [0.29, 0.717) is 6.42 Å². The third-order valence-corrected chi connectivity index (χ3v) is 4.00. The number of aliphatic hydroxyl groups is 1. The van der Waals surface area contributed by atoms with Crippen LogP contribution in [0.4, 0.5) is 4.39 Å². The van der Waals surface area contributed by atoms with Crippen LogP contribution in [-0.4, -0.2) is 33.4 Å². The van der Waals surface area contributed by atoms with E-state index in [4.69, 9.17) is 5.11 Å². The molecule has 0 saturated carbocycles. The lowest BCUT2D eigenvalue weighted by Crippen LogP contribution is -2.31. The maximum atomic E-state index is 13.1. The number of hydrogen-bond donors (Lipinski definition) is 2. The third-order valence-electron chi connectivity index (χ3n) is 4.00. The van der Waals surface area contributed by atoms with Gasteiger partial charge in [0.25, 0.3) is 0 Å². The number of aliphatic hydroxyl groups excluding tert-OH is 1. The van der Waals surface area contributed by atoms with Gasteiger partial charge in [0.05, 0.1) is 11.4 Å². The quantitative estimate of drug-likeness (QED) is 0.758. The molecule has 134 valence electrons.